The fraction of sp³-hybridized carbons (Fsp3) is 0.316. The van der Waals surface area contributed by atoms with Crippen molar-refractivity contribution in [2.75, 3.05) is 0 Å². The van der Waals surface area contributed by atoms with Crippen LogP contribution in [0.15, 0.2) is 30.3 Å². The van der Waals surface area contributed by atoms with Crippen molar-refractivity contribution in [3.63, 3.8) is 0 Å². The number of amides is 1. The number of benzene rings is 1. The Labute approximate surface area is 152 Å². The highest BCUT2D eigenvalue weighted by Crippen LogP contribution is 2.27. The first kappa shape index (κ1) is 17.7. The maximum atomic E-state index is 12.4. The first-order chi connectivity index (χ1) is 12.5. The van der Waals surface area contributed by atoms with E-state index in [-0.39, 0.29) is 11.7 Å². The van der Waals surface area contributed by atoms with Gasteiger partial charge >= 0.3 is 0 Å². The third-order valence-electron chi connectivity index (χ3n) is 4.39. The van der Waals surface area contributed by atoms with Crippen LogP contribution in [0.2, 0.25) is 0 Å². The van der Waals surface area contributed by atoms with Gasteiger partial charge in [0.05, 0.1) is 11.4 Å². The summed E-state index contributed by atoms with van der Waals surface area (Å²) in [6.45, 7) is 7.35. The number of nitrogens with zero attached hydrogens (tertiary/aromatic N) is 3. The zero-order valence-corrected chi connectivity index (χ0v) is 15.2. The molecule has 0 spiro atoms. The van der Waals surface area contributed by atoms with Gasteiger partial charge in [0.25, 0.3) is 5.91 Å². The molecule has 2 aromatic heterocycles. The number of nitrogens with one attached hydrogen (secondary N) is 2. The predicted octanol–water partition coefficient (Wildman–Crippen LogP) is 2.94. The Morgan fingerprint density at radius 2 is 2.08 bits per heavy atom. The molecule has 26 heavy (non-hydrogen) atoms. The second-order valence-electron chi connectivity index (χ2n) is 6.24. The summed E-state index contributed by atoms with van der Waals surface area (Å²) in [5.41, 5.74) is 4.48. The maximum Gasteiger partial charge on any atom is 0.269 e. The summed E-state index contributed by atoms with van der Waals surface area (Å²) in [7, 11) is 0. The van der Waals surface area contributed by atoms with Crippen molar-refractivity contribution in [3.8, 4) is 17.0 Å². The van der Waals surface area contributed by atoms with Crippen LogP contribution in [0.25, 0.3) is 11.3 Å². The molecule has 0 fully saturated rings. The average Bonchev–Trinajstić information content (AvgIpc) is 3.20. The van der Waals surface area contributed by atoms with Gasteiger partial charge < -0.3 is 10.4 Å². The van der Waals surface area contributed by atoms with E-state index in [0.717, 1.165) is 29.9 Å². The highest BCUT2D eigenvalue weighted by molar-refractivity contribution is 5.93. The Hall–Kier alpha value is -3.09. The minimum atomic E-state index is -0.249. The monoisotopic (exact) mass is 353 g/mol. The number of aromatic nitrogens is 4. The highest BCUT2D eigenvalue weighted by Gasteiger charge is 2.15. The molecule has 3 rings (SSSR count). The van der Waals surface area contributed by atoms with Gasteiger partial charge in [-0.1, -0.05) is 19.1 Å². The quantitative estimate of drug-likeness (QED) is 0.635. The van der Waals surface area contributed by atoms with Gasteiger partial charge in [0.15, 0.2) is 0 Å². The first-order valence-corrected chi connectivity index (χ1v) is 8.66. The smallest absolute Gasteiger partial charge is 0.269 e. The summed E-state index contributed by atoms with van der Waals surface area (Å²) >= 11 is 0. The number of aryl methyl sites for hydroxylation is 2. The van der Waals surface area contributed by atoms with Crippen LogP contribution in [0.5, 0.6) is 5.75 Å². The molecule has 0 bridgehead atoms. The largest absolute Gasteiger partial charge is 0.507 e. The van der Waals surface area contributed by atoms with Gasteiger partial charge in [-0.3, -0.25) is 14.6 Å². The topological polar surface area (TPSA) is 95.8 Å². The van der Waals surface area contributed by atoms with E-state index in [1.165, 1.54) is 0 Å². The Morgan fingerprint density at radius 3 is 2.81 bits per heavy atom. The van der Waals surface area contributed by atoms with Crippen LogP contribution in [0.3, 0.4) is 0 Å². The molecule has 3 aromatic rings. The number of para-hydroxylation sites is 1. The molecule has 0 aliphatic carbocycles. The summed E-state index contributed by atoms with van der Waals surface area (Å²) in [5.74, 6) is -0.123. The van der Waals surface area contributed by atoms with E-state index in [2.05, 4.69) is 27.5 Å². The van der Waals surface area contributed by atoms with Crippen LogP contribution in [0.4, 0.5) is 0 Å². The van der Waals surface area contributed by atoms with Gasteiger partial charge in [-0.15, -0.1) is 0 Å². The summed E-state index contributed by atoms with van der Waals surface area (Å²) in [4.78, 5) is 12.4. The van der Waals surface area contributed by atoms with E-state index in [0.29, 0.717) is 23.5 Å². The normalized spacial score (nSPS) is 10.9. The molecule has 0 radical (unpaired) electrons. The predicted molar refractivity (Wildman–Crippen MR) is 98.9 cm³/mol. The number of aromatic hydroxyl groups is 1. The lowest BCUT2D eigenvalue weighted by atomic mass is 10.1. The molecule has 7 heteroatoms. The first-order valence-electron chi connectivity index (χ1n) is 8.66. The molecule has 0 saturated heterocycles. The van der Waals surface area contributed by atoms with Gasteiger partial charge in [-0.25, -0.2) is 0 Å². The van der Waals surface area contributed by atoms with Gasteiger partial charge in [0.1, 0.15) is 11.4 Å². The molecule has 1 aromatic carbocycles. The molecule has 0 saturated carbocycles. The Bertz CT molecular complexity index is 926. The van der Waals surface area contributed by atoms with Crippen LogP contribution in [-0.2, 0) is 13.1 Å². The van der Waals surface area contributed by atoms with E-state index in [1.807, 2.05) is 24.6 Å². The van der Waals surface area contributed by atoms with E-state index < -0.39 is 0 Å². The Balaban J connectivity index is 1.71. The molecule has 3 N–H and O–H groups in total. The zero-order valence-electron chi connectivity index (χ0n) is 15.2. The zero-order chi connectivity index (χ0) is 18.7. The highest BCUT2D eigenvalue weighted by atomic mass is 16.3. The van der Waals surface area contributed by atoms with Crippen molar-refractivity contribution < 1.29 is 9.90 Å². The Morgan fingerprint density at radius 1 is 1.31 bits per heavy atom. The number of hydrogen-bond acceptors (Lipinski definition) is 4. The average molecular weight is 353 g/mol. The van der Waals surface area contributed by atoms with E-state index in [1.54, 1.807) is 24.3 Å². The molecule has 0 unspecified atom stereocenters. The lowest BCUT2D eigenvalue weighted by molar-refractivity contribution is 0.0946. The number of carbonyl (C=O) groups excluding carboxylic acids is 1. The number of phenolic OH excluding ortho intramolecular Hbond substituents is 1. The second kappa shape index (κ2) is 7.43. The van der Waals surface area contributed by atoms with Crippen LogP contribution < -0.4 is 5.32 Å². The van der Waals surface area contributed by atoms with Crippen LogP contribution >= 0.6 is 0 Å². The standard InChI is InChI=1S/C19H23N5O2/c1-4-9-24-13(3)15(12(2)23-24)11-20-19(26)17-10-16(21-22-17)14-7-5-6-8-18(14)25/h5-8,10,25H,4,9,11H2,1-3H3,(H,20,26)(H,21,22). The van der Waals surface area contributed by atoms with Crippen molar-refractivity contribution >= 4 is 5.91 Å². The van der Waals surface area contributed by atoms with E-state index in [9.17, 15) is 9.90 Å². The molecule has 2 heterocycles. The summed E-state index contributed by atoms with van der Waals surface area (Å²) in [6, 6.07) is 8.52. The molecule has 1 amide bonds. The number of hydrogen-bond donors (Lipinski definition) is 3. The second-order valence-corrected chi connectivity index (χ2v) is 6.24. The SMILES string of the molecule is CCCn1nc(C)c(CNC(=O)c2cc(-c3ccccc3O)n[nH]2)c1C. The van der Waals surface area contributed by atoms with E-state index in [4.69, 9.17) is 0 Å². The van der Waals surface area contributed by atoms with Gasteiger partial charge in [0.2, 0.25) is 0 Å². The van der Waals surface area contributed by atoms with Gasteiger partial charge in [-0.2, -0.15) is 10.2 Å². The minimum absolute atomic E-state index is 0.126. The number of aromatic amines is 1. The number of rotatable bonds is 6. The molecular weight excluding hydrogens is 330 g/mol. The molecule has 0 aliphatic rings. The fourth-order valence-corrected chi connectivity index (χ4v) is 2.95. The maximum absolute atomic E-state index is 12.4. The van der Waals surface area contributed by atoms with Crippen LogP contribution in [-0.4, -0.2) is 31.0 Å². The molecule has 0 aliphatic heterocycles. The van der Waals surface area contributed by atoms with Crippen molar-refractivity contribution in [2.24, 2.45) is 0 Å². The third-order valence-corrected chi connectivity index (χ3v) is 4.39. The molecule has 0 atom stereocenters. The third kappa shape index (κ3) is 3.46. The van der Waals surface area contributed by atoms with Crippen molar-refractivity contribution in [3.05, 3.63) is 53.0 Å². The fourth-order valence-electron chi connectivity index (χ4n) is 2.95. The number of phenols is 1. The van der Waals surface area contributed by atoms with E-state index >= 15 is 0 Å². The van der Waals surface area contributed by atoms with Crippen molar-refractivity contribution in [1.82, 2.24) is 25.3 Å². The molecule has 136 valence electrons. The van der Waals surface area contributed by atoms with Gasteiger partial charge in [-0.05, 0) is 38.5 Å². The summed E-state index contributed by atoms with van der Waals surface area (Å²) in [5, 5.41) is 24.2. The van der Waals surface area contributed by atoms with Crippen molar-refractivity contribution in [2.45, 2.75) is 40.3 Å². The number of carbonyl (C=O) groups is 1. The molecule has 7 nitrogen and oxygen atoms in total. The van der Waals surface area contributed by atoms with Crippen LogP contribution in [0, 0.1) is 13.8 Å². The van der Waals surface area contributed by atoms with Crippen LogP contribution in [0.1, 0.15) is 40.8 Å². The Kier molecular flexibility index (Phi) is 5.06. The van der Waals surface area contributed by atoms with Gasteiger partial charge in [0, 0.05) is 29.9 Å². The summed E-state index contributed by atoms with van der Waals surface area (Å²) in [6.07, 6.45) is 1.01. The lowest BCUT2D eigenvalue weighted by Gasteiger charge is -2.05. The number of H-pyrrole nitrogens is 1. The minimum Gasteiger partial charge on any atom is -0.507 e. The summed E-state index contributed by atoms with van der Waals surface area (Å²) < 4.78 is 1.98. The molecular formula is C19H23N5O2. The van der Waals surface area contributed by atoms with Crippen molar-refractivity contribution in [1.29, 1.82) is 0 Å². The lowest BCUT2D eigenvalue weighted by Crippen LogP contribution is -2.23.